The van der Waals surface area contributed by atoms with Gasteiger partial charge in [0.05, 0.1) is 11.1 Å². The zero-order valence-electron chi connectivity index (χ0n) is 13.8. The standard InChI is InChI=1S/C19H18N2O4/c22-16-9-4-10-21(16)17(23)11-25-19(24)18-12-5-1-2-7-14(12)20-15-8-3-6-13(15)18/h1-2,5,7H,3-4,6,8-11H2. The van der Waals surface area contributed by atoms with Crippen molar-refractivity contribution in [3.63, 3.8) is 0 Å². The number of pyridine rings is 1. The van der Waals surface area contributed by atoms with Gasteiger partial charge in [-0.1, -0.05) is 18.2 Å². The van der Waals surface area contributed by atoms with Crippen molar-refractivity contribution in [2.75, 3.05) is 13.2 Å². The predicted octanol–water partition coefficient (Wildman–Crippen LogP) is 2.03. The zero-order valence-corrected chi connectivity index (χ0v) is 13.8. The number of rotatable bonds is 3. The van der Waals surface area contributed by atoms with Gasteiger partial charge in [-0.2, -0.15) is 0 Å². The highest BCUT2D eigenvalue weighted by Crippen LogP contribution is 2.30. The number of ether oxygens (including phenoxy) is 1. The van der Waals surface area contributed by atoms with Gasteiger partial charge in [0, 0.05) is 24.0 Å². The first-order valence-corrected chi connectivity index (χ1v) is 8.56. The first kappa shape index (κ1) is 15.7. The van der Waals surface area contributed by atoms with Crippen molar-refractivity contribution in [1.82, 2.24) is 9.88 Å². The van der Waals surface area contributed by atoms with Gasteiger partial charge in [-0.25, -0.2) is 4.79 Å². The fraction of sp³-hybridized carbons (Fsp3) is 0.368. The molecule has 0 bridgehead atoms. The van der Waals surface area contributed by atoms with E-state index in [0.717, 1.165) is 41.4 Å². The molecule has 0 N–H and O–H groups in total. The quantitative estimate of drug-likeness (QED) is 0.800. The minimum absolute atomic E-state index is 0.198. The summed E-state index contributed by atoms with van der Waals surface area (Å²) in [5, 5.41) is 0.748. The average molecular weight is 338 g/mol. The number of para-hydroxylation sites is 1. The van der Waals surface area contributed by atoms with Crippen LogP contribution in [0.2, 0.25) is 0 Å². The van der Waals surface area contributed by atoms with Gasteiger partial charge >= 0.3 is 5.97 Å². The Morgan fingerprint density at radius 2 is 1.96 bits per heavy atom. The molecule has 1 aromatic carbocycles. The Morgan fingerprint density at radius 3 is 2.76 bits per heavy atom. The summed E-state index contributed by atoms with van der Waals surface area (Å²) in [5.41, 5.74) is 3.13. The van der Waals surface area contributed by atoms with Crippen molar-refractivity contribution < 1.29 is 19.1 Å². The molecule has 1 aromatic heterocycles. The maximum absolute atomic E-state index is 12.7. The van der Waals surface area contributed by atoms with E-state index in [-0.39, 0.29) is 5.91 Å². The molecule has 0 spiro atoms. The number of fused-ring (bicyclic) bond motifs is 2. The molecule has 128 valence electrons. The molecule has 2 aromatic rings. The Bertz CT molecular complexity index is 890. The van der Waals surface area contributed by atoms with Crippen LogP contribution >= 0.6 is 0 Å². The first-order valence-electron chi connectivity index (χ1n) is 8.56. The Labute approximate surface area is 144 Å². The van der Waals surface area contributed by atoms with Gasteiger partial charge in [-0.3, -0.25) is 19.5 Å². The SMILES string of the molecule is O=C(OCC(=O)N1CCCC1=O)c1c2c(nc3ccccc13)CCC2. The Morgan fingerprint density at radius 1 is 1.12 bits per heavy atom. The molecule has 6 heteroatoms. The van der Waals surface area contributed by atoms with E-state index in [1.807, 2.05) is 24.3 Å². The van der Waals surface area contributed by atoms with Crippen LogP contribution in [0, 0.1) is 0 Å². The molecule has 25 heavy (non-hydrogen) atoms. The molecule has 4 rings (SSSR count). The normalized spacial score (nSPS) is 16.3. The van der Waals surface area contributed by atoms with Crippen molar-refractivity contribution in [3.05, 3.63) is 41.1 Å². The molecule has 1 aliphatic carbocycles. The van der Waals surface area contributed by atoms with E-state index in [1.54, 1.807) is 0 Å². The van der Waals surface area contributed by atoms with E-state index in [1.165, 1.54) is 4.90 Å². The summed E-state index contributed by atoms with van der Waals surface area (Å²) in [6, 6.07) is 7.46. The van der Waals surface area contributed by atoms with Gasteiger partial charge in [0.15, 0.2) is 6.61 Å². The molecular weight excluding hydrogens is 320 g/mol. The van der Waals surface area contributed by atoms with Crippen molar-refractivity contribution in [2.24, 2.45) is 0 Å². The van der Waals surface area contributed by atoms with Crippen LogP contribution in [0.3, 0.4) is 0 Å². The largest absolute Gasteiger partial charge is 0.452 e. The smallest absolute Gasteiger partial charge is 0.339 e. The van der Waals surface area contributed by atoms with Gasteiger partial charge in [0.2, 0.25) is 5.91 Å². The minimum Gasteiger partial charge on any atom is -0.452 e. The first-order chi connectivity index (χ1) is 12.1. The lowest BCUT2D eigenvalue weighted by atomic mass is 10.0. The van der Waals surface area contributed by atoms with E-state index >= 15 is 0 Å². The summed E-state index contributed by atoms with van der Waals surface area (Å²) in [5.74, 6) is -1.17. The third-order valence-electron chi connectivity index (χ3n) is 4.82. The van der Waals surface area contributed by atoms with Crippen LogP contribution in [0.1, 0.15) is 40.9 Å². The van der Waals surface area contributed by atoms with Gasteiger partial charge in [-0.15, -0.1) is 0 Å². The lowest BCUT2D eigenvalue weighted by molar-refractivity contribution is -0.143. The molecular formula is C19H18N2O4. The number of aromatic nitrogens is 1. The van der Waals surface area contributed by atoms with Gasteiger partial charge < -0.3 is 4.74 Å². The molecule has 0 saturated carbocycles. The van der Waals surface area contributed by atoms with Crippen LogP contribution in [0.15, 0.2) is 24.3 Å². The summed E-state index contributed by atoms with van der Waals surface area (Å²) in [4.78, 5) is 42.2. The number of carbonyl (C=O) groups is 3. The van der Waals surface area contributed by atoms with Gasteiger partial charge in [0.1, 0.15) is 0 Å². The number of aryl methyl sites for hydroxylation is 1. The number of imide groups is 1. The lowest BCUT2D eigenvalue weighted by Gasteiger charge is -2.15. The highest BCUT2D eigenvalue weighted by Gasteiger charge is 2.29. The highest BCUT2D eigenvalue weighted by atomic mass is 16.5. The summed E-state index contributed by atoms with van der Waals surface area (Å²) >= 11 is 0. The van der Waals surface area contributed by atoms with E-state index < -0.39 is 18.5 Å². The molecule has 1 fully saturated rings. The molecule has 1 saturated heterocycles. The number of carbonyl (C=O) groups excluding carboxylic acids is 3. The number of hydrogen-bond acceptors (Lipinski definition) is 5. The molecule has 0 unspecified atom stereocenters. The topological polar surface area (TPSA) is 76.6 Å². The van der Waals surface area contributed by atoms with Crippen molar-refractivity contribution >= 4 is 28.7 Å². The van der Waals surface area contributed by atoms with Gasteiger partial charge in [-0.05, 0) is 37.3 Å². The molecule has 2 aliphatic rings. The summed E-state index contributed by atoms with van der Waals surface area (Å²) in [6.45, 7) is -0.00119. The summed E-state index contributed by atoms with van der Waals surface area (Å²) < 4.78 is 5.27. The van der Waals surface area contributed by atoms with E-state index in [2.05, 4.69) is 4.98 Å². The molecule has 2 heterocycles. The van der Waals surface area contributed by atoms with Crippen LogP contribution in [0.5, 0.6) is 0 Å². The zero-order chi connectivity index (χ0) is 17.4. The van der Waals surface area contributed by atoms with Crippen LogP contribution in [0.25, 0.3) is 10.9 Å². The lowest BCUT2D eigenvalue weighted by Crippen LogP contribution is -2.35. The highest BCUT2D eigenvalue weighted by molar-refractivity contribution is 6.06. The van der Waals surface area contributed by atoms with Crippen molar-refractivity contribution in [3.8, 4) is 0 Å². The number of esters is 1. The number of likely N-dealkylation sites (tertiary alicyclic amines) is 1. The Kier molecular flexibility index (Phi) is 3.95. The second kappa shape index (κ2) is 6.27. The number of nitrogens with zero attached hydrogens (tertiary/aromatic N) is 2. The molecule has 0 radical (unpaired) electrons. The maximum atomic E-state index is 12.7. The van der Waals surface area contributed by atoms with Crippen LogP contribution < -0.4 is 0 Å². The molecule has 0 atom stereocenters. The average Bonchev–Trinajstić information content (AvgIpc) is 3.25. The number of benzene rings is 1. The fourth-order valence-corrected chi connectivity index (χ4v) is 3.63. The number of amides is 2. The third-order valence-corrected chi connectivity index (χ3v) is 4.82. The van der Waals surface area contributed by atoms with Crippen LogP contribution in [0.4, 0.5) is 0 Å². The van der Waals surface area contributed by atoms with E-state index in [4.69, 9.17) is 4.74 Å². The second-order valence-electron chi connectivity index (χ2n) is 6.40. The van der Waals surface area contributed by atoms with Crippen LogP contribution in [-0.4, -0.2) is 40.8 Å². The fourth-order valence-electron chi connectivity index (χ4n) is 3.63. The molecule has 6 nitrogen and oxygen atoms in total. The Balaban J connectivity index is 1.60. The van der Waals surface area contributed by atoms with Crippen molar-refractivity contribution in [1.29, 1.82) is 0 Å². The summed E-state index contributed by atoms with van der Waals surface area (Å²) in [7, 11) is 0. The molecule has 2 amide bonds. The van der Waals surface area contributed by atoms with E-state index in [9.17, 15) is 14.4 Å². The van der Waals surface area contributed by atoms with Crippen molar-refractivity contribution in [2.45, 2.75) is 32.1 Å². The summed E-state index contributed by atoms with van der Waals surface area (Å²) in [6.07, 6.45) is 3.64. The molecule has 1 aliphatic heterocycles. The van der Waals surface area contributed by atoms with Gasteiger partial charge in [0.25, 0.3) is 5.91 Å². The third kappa shape index (κ3) is 2.77. The second-order valence-corrected chi connectivity index (χ2v) is 6.40. The predicted molar refractivity (Wildman–Crippen MR) is 90.0 cm³/mol. The van der Waals surface area contributed by atoms with E-state index in [0.29, 0.717) is 24.9 Å². The maximum Gasteiger partial charge on any atom is 0.339 e. The number of hydrogen-bond donors (Lipinski definition) is 0. The Hall–Kier alpha value is -2.76. The van der Waals surface area contributed by atoms with Crippen LogP contribution in [-0.2, 0) is 27.2 Å². The minimum atomic E-state index is -0.517. The monoisotopic (exact) mass is 338 g/mol.